The van der Waals surface area contributed by atoms with Gasteiger partial charge in [0.2, 0.25) is 0 Å². The molecule has 3 heteroatoms. The molecule has 1 rings (SSSR count). The second-order valence-electron chi connectivity index (χ2n) is 3.28. The Labute approximate surface area is 74.3 Å². The van der Waals surface area contributed by atoms with Gasteiger partial charge in [0.05, 0.1) is 11.5 Å². The summed E-state index contributed by atoms with van der Waals surface area (Å²) in [7, 11) is 2.14. The zero-order chi connectivity index (χ0) is 8.43. The van der Waals surface area contributed by atoms with E-state index in [4.69, 9.17) is 4.74 Å². The predicted molar refractivity (Wildman–Crippen MR) is 50.0 cm³/mol. The minimum absolute atomic E-state index is 0.0546. The molecule has 0 saturated carbocycles. The van der Waals surface area contributed by atoms with Crippen LogP contribution < -0.4 is 0 Å². The van der Waals surface area contributed by atoms with Crippen molar-refractivity contribution in [1.29, 1.82) is 0 Å². The van der Waals surface area contributed by atoms with Gasteiger partial charge < -0.3 is 9.64 Å². The lowest BCUT2D eigenvalue weighted by atomic mass is 9.99. The molecule has 1 heterocycles. The van der Waals surface area contributed by atoms with Crippen molar-refractivity contribution in [2.75, 3.05) is 13.6 Å². The Morgan fingerprint density at radius 1 is 1.55 bits per heavy atom. The molecule has 1 fully saturated rings. The van der Waals surface area contributed by atoms with Gasteiger partial charge >= 0.3 is 0 Å². The summed E-state index contributed by atoms with van der Waals surface area (Å²) in [6, 6.07) is 0.615. The van der Waals surface area contributed by atoms with Crippen LogP contribution in [-0.2, 0) is 4.74 Å². The summed E-state index contributed by atoms with van der Waals surface area (Å²) in [5.74, 6) is 0. The molecule has 0 N–H and O–H groups in total. The predicted octanol–water partition coefficient (Wildman–Crippen LogP) is 1.37. The van der Waals surface area contributed by atoms with Gasteiger partial charge in [-0.05, 0) is 33.9 Å². The van der Waals surface area contributed by atoms with Crippen molar-refractivity contribution in [2.45, 2.75) is 37.9 Å². The Hall–Kier alpha value is 0.270. The normalized spacial score (nSPS) is 31.1. The maximum absolute atomic E-state index is 5.55. The molecular formula is C8H17NOS. The van der Waals surface area contributed by atoms with E-state index in [9.17, 15) is 0 Å². The summed E-state index contributed by atoms with van der Waals surface area (Å²) in [6.45, 7) is 5.28. The fourth-order valence-corrected chi connectivity index (χ4v) is 1.72. The summed E-state index contributed by atoms with van der Waals surface area (Å²) in [6.07, 6.45) is 1.58. The van der Waals surface area contributed by atoms with Crippen molar-refractivity contribution in [3.63, 3.8) is 0 Å². The largest absolute Gasteiger partial charge is 0.364 e. The van der Waals surface area contributed by atoms with Crippen molar-refractivity contribution in [1.82, 2.24) is 4.90 Å². The fraction of sp³-hybridized carbons (Fsp3) is 1.00. The molecule has 1 aliphatic rings. The second kappa shape index (κ2) is 3.78. The highest BCUT2D eigenvalue weighted by Gasteiger charge is 2.30. The van der Waals surface area contributed by atoms with Crippen LogP contribution >= 0.6 is 12.6 Å². The Balaban J connectivity index is 2.24. The number of likely N-dealkylation sites (tertiary alicyclic amines) is 1. The van der Waals surface area contributed by atoms with Crippen LogP contribution in [0.15, 0.2) is 0 Å². The summed E-state index contributed by atoms with van der Waals surface area (Å²) in [5.41, 5.74) is 0.0546. The van der Waals surface area contributed by atoms with Gasteiger partial charge in [0.1, 0.15) is 0 Å². The second-order valence-corrected chi connectivity index (χ2v) is 4.00. The van der Waals surface area contributed by atoms with E-state index in [1.54, 1.807) is 0 Å². The summed E-state index contributed by atoms with van der Waals surface area (Å²) in [4.78, 5) is 2.32. The van der Waals surface area contributed by atoms with Gasteiger partial charge in [0, 0.05) is 6.04 Å². The number of hydrogen-bond acceptors (Lipinski definition) is 3. The molecule has 0 aromatic carbocycles. The van der Waals surface area contributed by atoms with Crippen molar-refractivity contribution in [3.8, 4) is 0 Å². The average Bonchev–Trinajstić information content (AvgIpc) is 1.82. The van der Waals surface area contributed by atoms with Crippen molar-refractivity contribution < 1.29 is 4.74 Å². The Morgan fingerprint density at radius 3 is 2.45 bits per heavy atom. The monoisotopic (exact) mass is 175 g/mol. The van der Waals surface area contributed by atoms with E-state index >= 15 is 0 Å². The maximum Gasteiger partial charge on any atom is 0.0975 e. The third-order valence-corrected chi connectivity index (χ3v) is 2.42. The van der Waals surface area contributed by atoms with Crippen LogP contribution in [0.2, 0.25) is 0 Å². The molecule has 1 unspecified atom stereocenters. The maximum atomic E-state index is 5.55. The van der Waals surface area contributed by atoms with Crippen LogP contribution in [0.5, 0.6) is 0 Å². The minimum Gasteiger partial charge on any atom is -0.364 e. The molecule has 1 aliphatic heterocycles. The Kier molecular flexibility index (Phi) is 3.22. The first-order valence-electron chi connectivity index (χ1n) is 4.15. The molecule has 0 spiro atoms. The summed E-state index contributed by atoms with van der Waals surface area (Å²) in [5, 5.41) is 0. The highest BCUT2D eigenvalue weighted by Crippen LogP contribution is 2.21. The first-order valence-corrected chi connectivity index (χ1v) is 4.66. The smallest absolute Gasteiger partial charge is 0.0975 e. The van der Waals surface area contributed by atoms with E-state index in [1.165, 1.54) is 13.0 Å². The van der Waals surface area contributed by atoms with Crippen molar-refractivity contribution in [2.24, 2.45) is 0 Å². The van der Waals surface area contributed by atoms with Crippen LogP contribution in [-0.4, -0.2) is 36.1 Å². The van der Waals surface area contributed by atoms with Gasteiger partial charge in [-0.15, -0.1) is 12.6 Å². The number of ether oxygens (including phenoxy) is 1. The number of hydrogen-bond donors (Lipinski definition) is 1. The zero-order valence-corrected chi connectivity index (χ0v) is 8.34. The highest BCUT2D eigenvalue weighted by molar-refractivity contribution is 7.80. The van der Waals surface area contributed by atoms with Gasteiger partial charge in [-0.25, -0.2) is 0 Å². The minimum atomic E-state index is 0.0546. The summed E-state index contributed by atoms with van der Waals surface area (Å²) >= 11 is 4.18. The molecular weight excluding hydrogens is 158 g/mol. The van der Waals surface area contributed by atoms with Gasteiger partial charge in [0.25, 0.3) is 0 Å². The van der Waals surface area contributed by atoms with Crippen LogP contribution in [0.4, 0.5) is 0 Å². The zero-order valence-electron chi connectivity index (χ0n) is 7.45. The number of likely N-dealkylation sites (N-methyl/N-ethyl adjacent to an activating group) is 1. The van der Waals surface area contributed by atoms with Gasteiger partial charge in [0.15, 0.2) is 0 Å². The lowest BCUT2D eigenvalue weighted by molar-refractivity contribution is -0.0409. The number of thiol groups is 1. The molecule has 11 heavy (non-hydrogen) atoms. The first-order chi connectivity index (χ1) is 5.11. The third-order valence-electron chi connectivity index (χ3n) is 2.30. The van der Waals surface area contributed by atoms with E-state index in [2.05, 4.69) is 31.5 Å². The molecule has 0 aromatic heterocycles. The topological polar surface area (TPSA) is 12.5 Å². The summed E-state index contributed by atoms with van der Waals surface area (Å²) < 4.78 is 5.55. The SMILES string of the molecule is CC(S)O[C@@H](C)[C@@H]1CCN1C. The lowest BCUT2D eigenvalue weighted by Gasteiger charge is -2.41. The van der Waals surface area contributed by atoms with Crippen LogP contribution in [0.1, 0.15) is 20.3 Å². The Bertz CT molecular complexity index is 129. The Morgan fingerprint density at radius 2 is 2.18 bits per heavy atom. The molecule has 0 amide bonds. The van der Waals surface area contributed by atoms with Gasteiger partial charge in [-0.1, -0.05) is 0 Å². The van der Waals surface area contributed by atoms with Gasteiger partial charge in [-0.3, -0.25) is 0 Å². The molecule has 1 saturated heterocycles. The van der Waals surface area contributed by atoms with Crippen LogP contribution in [0.25, 0.3) is 0 Å². The molecule has 0 bridgehead atoms. The van der Waals surface area contributed by atoms with E-state index in [-0.39, 0.29) is 5.44 Å². The number of nitrogens with zero attached hydrogens (tertiary/aromatic N) is 1. The van der Waals surface area contributed by atoms with E-state index in [0.717, 1.165) is 0 Å². The highest BCUT2D eigenvalue weighted by atomic mass is 32.1. The molecule has 2 nitrogen and oxygen atoms in total. The molecule has 66 valence electrons. The standard InChI is InChI=1S/C8H17NOS/c1-6(10-7(2)11)8-4-5-9(8)3/h6-8,11H,4-5H2,1-3H3/t6-,7?,8-/m0/s1. The van der Waals surface area contributed by atoms with Gasteiger partial charge in [-0.2, -0.15) is 0 Å². The van der Waals surface area contributed by atoms with Crippen LogP contribution in [0, 0.1) is 0 Å². The van der Waals surface area contributed by atoms with Crippen molar-refractivity contribution >= 4 is 12.6 Å². The van der Waals surface area contributed by atoms with E-state index in [0.29, 0.717) is 12.1 Å². The molecule has 0 aliphatic carbocycles. The molecule has 3 atom stereocenters. The average molecular weight is 175 g/mol. The quantitative estimate of drug-likeness (QED) is 0.514. The molecule has 0 radical (unpaired) electrons. The van der Waals surface area contributed by atoms with E-state index < -0.39 is 0 Å². The lowest BCUT2D eigenvalue weighted by Crippen LogP contribution is -2.51. The third kappa shape index (κ3) is 2.36. The molecule has 0 aromatic rings. The van der Waals surface area contributed by atoms with Crippen LogP contribution in [0.3, 0.4) is 0 Å². The van der Waals surface area contributed by atoms with Crippen molar-refractivity contribution in [3.05, 3.63) is 0 Å². The van der Waals surface area contributed by atoms with E-state index in [1.807, 2.05) is 6.92 Å². The number of rotatable bonds is 3. The fourth-order valence-electron chi connectivity index (χ4n) is 1.53. The first kappa shape index (κ1) is 9.36.